The van der Waals surface area contributed by atoms with E-state index in [2.05, 4.69) is 10.1 Å². The normalized spacial score (nSPS) is 11.0. The molecular formula is C9H10ClN3O. The van der Waals surface area contributed by atoms with Crippen molar-refractivity contribution < 1.29 is 5.11 Å². The van der Waals surface area contributed by atoms with Crippen molar-refractivity contribution in [2.45, 2.75) is 12.8 Å². The first-order valence-electron chi connectivity index (χ1n) is 4.41. The zero-order valence-corrected chi connectivity index (χ0v) is 8.28. The smallest absolute Gasteiger partial charge is 0.155 e. The van der Waals surface area contributed by atoms with Crippen molar-refractivity contribution in [2.75, 3.05) is 6.61 Å². The van der Waals surface area contributed by atoms with Crippen molar-refractivity contribution in [1.29, 1.82) is 0 Å². The minimum absolute atomic E-state index is 0.163. The topological polar surface area (TPSA) is 50.4 Å². The third-order valence-corrected chi connectivity index (χ3v) is 2.12. The molecule has 0 aliphatic rings. The SMILES string of the molecule is OCCCc1nc2ccc(Cl)cn2n1. The van der Waals surface area contributed by atoms with E-state index in [1.54, 1.807) is 16.8 Å². The number of pyridine rings is 1. The number of nitrogens with zero attached hydrogens (tertiary/aromatic N) is 3. The number of hydrogen-bond acceptors (Lipinski definition) is 3. The highest BCUT2D eigenvalue weighted by Crippen LogP contribution is 2.10. The molecule has 0 saturated heterocycles. The molecule has 0 aromatic carbocycles. The van der Waals surface area contributed by atoms with Gasteiger partial charge in [-0.25, -0.2) is 9.50 Å². The van der Waals surface area contributed by atoms with E-state index >= 15 is 0 Å². The summed E-state index contributed by atoms with van der Waals surface area (Å²) in [5.41, 5.74) is 0.780. The van der Waals surface area contributed by atoms with Gasteiger partial charge < -0.3 is 5.11 Å². The second-order valence-corrected chi connectivity index (χ2v) is 3.44. The standard InChI is InChI=1S/C9H10ClN3O/c10-7-3-4-9-11-8(2-1-5-14)12-13(9)6-7/h3-4,6,14H,1-2,5H2. The summed E-state index contributed by atoms with van der Waals surface area (Å²) < 4.78 is 1.65. The van der Waals surface area contributed by atoms with Gasteiger partial charge >= 0.3 is 0 Å². The molecule has 0 bridgehead atoms. The van der Waals surface area contributed by atoms with Gasteiger partial charge in [-0.3, -0.25) is 0 Å². The highest BCUT2D eigenvalue weighted by Gasteiger charge is 2.02. The van der Waals surface area contributed by atoms with E-state index in [9.17, 15) is 0 Å². The molecule has 2 aromatic rings. The van der Waals surface area contributed by atoms with Crippen molar-refractivity contribution in [3.63, 3.8) is 0 Å². The van der Waals surface area contributed by atoms with Crippen LogP contribution in [0.2, 0.25) is 5.02 Å². The van der Waals surface area contributed by atoms with Crippen LogP contribution in [0, 0.1) is 0 Å². The maximum Gasteiger partial charge on any atom is 0.155 e. The lowest BCUT2D eigenvalue weighted by Gasteiger charge is -1.90. The Balaban J connectivity index is 2.32. The molecule has 74 valence electrons. The van der Waals surface area contributed by atoms with Crippen LogP contribution in [-0.2, 0) is 6.42 Å². The van der Waals surface area contributed by atoms with Crippen LogP contribution >= 0.6 is 11.6 Å². The molecule has 0 unspecified atom stereocenters. The predicted molar refractivity (Wildman–Crippen MR) is 53.4 cm³/mol. The number of fused-ring (bicyclic) bond motifs is 1. The van der Waals surface area contributed by atoms with E-state index in [-0.39, 0.29) is 6.61 Å². The third kappa shape index (κ3) is 1.86. The minimum Gasteiger partial charge on any atom is -0.396 e. The van der Waals surface area contributed by atoms with Crippen LogP contribution in [0.3, 0.4) is 0 Å². The quantitative estimate of drug-likeness (QED) is 0.833. The Bertz CT molecular complexity index is 441. The third-order valence-electron chi connectivity index (χ3n) is 1.90. The van der Waals surface area contributed by atoms with Gasteiger partial charge in [0.25, 0.3) is 0 Å². The molecule has 0 atom stereocenters. The number of hydrogen-bond donors (Lipinski definition) is 1. The number of aromatic nitrogens is 3. The fourth-order valence-corrected chi connectivity index (χ4v) is 1.40. The molecule has 2 aromatic heterocycles. The maximum atomic E-state index is 8.66. The van der Waals surface area contributed by atoms with E-state index in [0.29, 0.717) is 17.9 Å². The molecule has 2 rings (SSSR count). The number of aryl methyl sites for hydroxylation is 1. The van der Waals surface area contributed by atoms with Gasteiger partial charge in [-0.15, -0.1) is 0 Å². The van der Waals surface area contributed by atoms with Gasteiger partial charge in [0.15, 0.2) is 11.5 Å². The molecule has 4 nitrogen and oxygen atoms in total. The van der Waals surface area contributed by atoms with Crippen molar-refractivity contribution in [2.24, 2.45) is 0 Å². The molecule has 1 N–H and O–H groups in total. The highest BCUT2D eigenvalue weighted by atomic mass is 35.5. The summed E-state index contributed by atoms with van der Waals surface area (Å²) in [6.45, 7) is 0.163. The van der Waals surface area contributed by atoms with Crippen molar-refractivity contribution in [1.82, 2.24) is 14.6 Å². The lowest BCUT2D eigenvalue weighted by Crippen LogP contribution is -1.92. The van der Waals surface area contributed by atoms with Gasteiger partial charge in [0.05, 0.1) is 5.02 Å². The number of aliphatic hydroxyl groups is 1. The summed E-state index contributed by atoms with van der Waals surface area (Å²) in [7, 11) is 0. The van der Waals surface area contributed by atoms with Gasteiger partial charge in [0.2, 0.25) is 0 Å². The first-order chi connectivity index (χ1) is 6.79. The summed E-state index contributed by atoms with van der Waals surface area (Å²) in [5, 5.41) is 13.5. The van der Waals surface area contributed by atoms with E-state index in [4.69, 9.17) is 16.7 Å². The minimum atomic E-state index is 0.163. The Hall–Kier alpha value is -1.13. The average molecular weight is 212 g/mol. The van der Waals surface area contributed by atoms with Gasteiger partial charge in [-0.2, -0.15) is 5.10 Å². The Morgan fingerprint density at radius 1 is 1.43 bits per heavy atom. The molecule has 5 heteroatoms. The lowest BCUT2D eigenvalue weighted by atomic mass is 10.3. The molecule has 0 spiro atoms. The fourth-order valence-electron chi connectivity index (χ4n) is 1.25. The molecule has 0 fully saturated rings. The van der Waals surface area contributed by atoms with Crippen LogP contribution in [0.15, 0.2) is 18.3 Å². The summed E-state index contributed by atoms with van der Waals surface area (Å²) in [5.74, 6) is 0.737. The molecule has 2 heterocycles. The van der Waals surface area contributed by atoms with Crippen LogP contribution in [0.25, 0.3) is 5.65 Å². The van der Waals surface area contributed by atoms with E-state index in [0.717, 1.165) is 11.5 Å². The van der Waals surface area contributed by atoms with Crippen molar-refractivity contribution in [3.05, 3.63) is 29.2 Å². The zero-order chi connectivity index (χ0) is 9.97. The van der Waals surface area contributed by atoms with Gasteiger partial charge in [-0.05, 0) is 18.6 Å². The average Bonchev–Trinajstić information content (AvgIpc) is 2.56. The summed E-state index contributed by atoms with van der Waals surface area (Å²) >= 11 is 5.80. The zero-order valence-electron chi connectivity index (χ0n) is 7.52. The molecular weight excluding hydrogens is 202 g/mol. The molecule has 14 heavy (non-hydrogen) atoms. The highest BCUT2D eigenvalue weighted by molar-refractivity contribution is 6.30. The number of aliphatic hydroxyl groups excluding tert-OH is 1. The fraction of sp³-hybridized carbons (Fsp3) is 0.333. The van der Waals surface area contributed by atoms with Crippen LogP contribution in [0.1, 0.15) is 12.2 Å². The first-order valence-corrected chi connectivity index (χ1v) is 4.79. The Labute approximate surface area is 86.1 Å². The Kier molecular flexibility index (Phi) is 2.65. The monoisotopic (exact) mass is 211 g/mol. The summed E-state index contributed by atoms with van der Waals surface area (Å²) in [4.78, 5) is 4.27. The molecule has 0 radical (unpaired) electrons. The van der Waals surface area contributed by atoms with E-state index in [1.807, 2.05) is 6.07 Å². The van der Waals surface area contributed by atoms with Crippen molar-refractivity contribution in [3.8, 4) is 0 Å². The lowest BCUT2D eigenvalue weighted by molar-refractivity contribution is 0.287. The van der Waals surface area contributed by atoms with E-state index in [1.165, 1.54) is 0 Å². The van der Waals surface area contributed by atoms with Gasteiger partial charge in [0, 0.05) is 19.2 Å². The van der Waals surface area contributed by atoms with E-state index < -0.39 is 0 Å². The van der Waals surface area contributed by atoms with Crippen LogP contribution in [-0.4, -0.2) is 26.3 Å². The van der Waals surface area contributed by atoms with Crippen LogP contribution in [0.4, 0.5) is 0 Å². The number of rotatable bonds is 3. The summed E-state index contributed by atoms with van der Waals surface area (Å²) in [6.07, 6.45) is 3.09. The molecule has 0 amide bonds. The van der Waals surface area contributed by atoms with Crippen LogP contribution < -0.4 is 0 Å². The molecule has 0 aliphatic heterocycles. The van der Waals surface area contributed by atoms with Crippen LogP contribution in [0.5, 0.6) is 0 Å². The Morgan fingerprint density at radius 3 is 3.07 bits per heavy atom. The van der Waals surface area contributed by atoms with Gasteiger partial charge in [-0.1, -0.05) is 11.6 Å². The molecule has 0 aliphatic carbocycles. The van der Waals surface area contributed by atoms with Gasteiger partial charge in [0.1, 0.15) is 0 Å². The Morgan fingerprint density at radius 2 is 2.29 bits per heavy atom. The molecule has 0 saturated carbocycles. The summed E-state index contributed by atoms with van der Waals surface area (Å²) in [6, 6.07) is 3.60. The largest absolute Gasteiger partial charge is 0.396 e. The predicted octanol–water partition coefficient (Wildman–Crippen LogP) is 1.31. The second kappa shape index (κ2) is 3.94. The second-order valence-electron chi connectivity index (χ2n) is 3.01. The maximum absolute atomic E-state index is 8.66. The number of halogens is 1. The van der Waals surface area contributed by atoms with Crippen molar-refractivity contribution >= 4 is 17.2 Å². The first kappa shape index (κ1) is 9.43.